The zero-order valence-corrected chi connectivity index (χ0v) is 17.5. The van der Waals surface area contributed by atoms with E-state index in [1.54, 1.807) is 18.3 Å². The number of aromatic nitrogens is 3. The number of ether oxygens (including phenoxy) is 2. The number of fused-ring (bicyclic) bond motifs is 1. The topological polar surface area (TPSA) is 90.3 Å². The van der Waals surface area contributed by atoms with Gasteiger partial charge in [0, 0.05) is 38.2 Å². The van der Waals surface area contributed by atoms with E-state index in [1.807, 2.05) is 41.9 Å². The van der Waals surface area contributed by atoms with Crippen LogP contribution in [0.1, 0.15) is 5.56 Å². The molecule has 4 rings (SSSR count). The molecule has 0 radical (unpaired) electrons. The number of hydrogen-bond acceptors (Lipinski definition) is 6. The Kier molecular flexibility index (Phi) is 5.81. The van der Waals surface area contributed by atoms with E-state index in [2.05, 4.69) is 34.7 Å². The molecule has 4 aromatic rings. The third-order valence-electron chi connectivity index (χ3n) is 4.67. The van der Waals surface area contributed by atoms with Crippen LogP contribution in [0.5, 0.6) is 11.5 Å². The van der Waals surface area contributed by atoms with Crippen molar-refractivity contribution < 1.29 is 14.3 Å². The summed E-state index contributed by atoms with van der Waals surface area (Å²) >= 11 is 0. The smallest absolute Gasteiger partial charge is 0.251 e. The molecule has 2 heterocycles. The van der Waals surface area contributed by atoms with E-state index in [1.165, 1.54) is 12.7 Å². The first-order valence-electron chi connectivity index (χ1n) is 9.75. The summed E-state index contributed by atoms with van der Waals surface area (Å²) < 4.78 is 12.8. The van der Waals surface area contributed by atoms with Crippen molar-refractivity contribution in [1.82, 2.24) is 14.5 Å². The fourth-order valence-electron chi connectivity index (χ4n) is 3.11. The summed E-state index contributed by atoms with van der Waals surface area (Å²) in [7, 11) is 3.42. The van der Waals surface area contributed by atoms with Gasteiger partial charge < -0.3 is 24.7 Å². The molecule has 2 aromatic carbocycles. The molecule has 0 fully saturated rings. The van der Waals surface area contributed by atoms with E-state index in [4.69, 9.17) is 14.5 Å². The Morgan fingerprint density at radius 2 is 1.84 bits per heavy atom. The van der Waals surface area contributed by atoms with Crippen molar-refractivity contribution in [2.24, 2.45) is 7.05 Å². The first-order valence-corrected chi connectivity index (χ1v) is 9.75. The first kappa shape index (κ1) is 20.4. The molecule has 2 N–H and O–H groups in total. The highest BCUT2D eigenvalue weighted by molar-refractivity contribution is 5.90. The lowest BCUT2D eigenvalue weighted by Crippen LogP contribution is -2.17. The Morgan fingerprint density at radius 1 is 1.06 bits per heavy atom. The molecule has 158 valence electrons. The summed E-state index contributed by atoms with van der Waals surface area (Å²) in [4.78, 5) is 20.5. The Balaban J connectivity index is 1.53. The fourth-order valence-corrected chi connectivity index (χ4v) is 3.11. The molecule has 0 bridgehead atoms. The number of methoxy groups -OCH3 is 1. The highest BCUT2D eigenvalue weighted by Gasteiger charge is 2.10. The average Bonchev–Trinajstić information content (AvgIpc) is 3.05. The maximum Gasteiger partial charge on any atom is 0.251 e. The SMILES string of the molecule is COCC(=O)Nc1cc(Oc2ccc3c(c2)nc(Nc2ccc(C)cc2)n3C)ccn1. The van der Waals surface area contributed by atoms with Gasteiger partial charge in [0.15, 0.2) is 0 Å². The standard InChI is InChI=1S/C23H23N5O3/c1-15-4-6-16(7-5-15)25-23-26-19-12-17(8-9-20(19)28(23)2)31-18-10-11-24-21(13-18)27-22(29)14-30-3/h4-13H,14H2,1-3H3,(H,25,26)(H,24,27,29). The van der Waals surface area contributed by atoms with Crippen LogP contribution in [-0.4, -0.2) is 34.2 Å². The quantitative estimate of drug-likeness (QED) is 0.463. The molecule has 2 aromatic heterocycles. The number of anilines is 3. The number of benzene rings is 2. The molecule has 0 unspecified atom stereocenters. The molecule has 0 atom stereocenters. The predicted octanol–water partition coefficient (Wildman–Crippen LogP) is 4.40. The van der Waals surface area contributed by atoms with E-state index in [-0.39, 0.29) is 12.5 Å². The van der Waals surface area contributed by atoms with Crippen LogP contribution in [0.25, 0.3) is 11.0 Å². The molecule has 0 saturated carbocycles. The monoisotopic (exact) mass is 417 g/mol. The molecule has 0 aliphatic rings. The molecule has 0 spiro atoms. The number of nitrogens with zero attached hydrogens (tertiary/aromatic N) is 3. The highest BCUT2D eigenvalue weighted by atomic mass is 16.5. The molecule has 0 aliphatic carbocycles. The summed E-state index contributed by atoms with van der Waals surface area (Å²) in [6, 6.07) is 17.2. The predicted molar refractivity (Wildman–Crippen MR) is 120 cm³/mol. The van der Waals surface area contributed by atoms with Gasteiger partial charge in [-0.05, 0) is 37.3 Å². The van der Waals surface area contributed by atoms with Gasteiger partial charge in [0.05, 0.1) is 11.0 Å². The van der Waals surface area contributed by atoms with Crippen molar-refractivity contribution in [2.45, 2.75) is 6.92 Å². The minimum Gasteiger partial charge on any atom is -0.457 e. The van der Waals surface area contributed by atoms with Crippen LogP contribution in [-0.2, 0) is 16.6 Å². The van der Waals surface area contributed by atoms with Crippen LogP contribution >= 0.6 is 0 Å². The number of aryl methyl sites for hydroxylation is 2. The van der Waals surface area contributed by atoms with E-state index < -0.39 is 0 Å². The fraction of sp³-hybridized carbons (Fsp3) is 0.174. The van der Waals surface area contributed by atoms with Crippen LogP contribution in [0, 0.1) is 6.92 Å². The third-order valence-corrected chi connectivity index (χ3v) is 4.67. The highest BCUT2D eigenvalue weighted by Crippen LogP contribution is 2.28. The second-order valence-corrected chi connectivity index (χ2v) is 7.10. The average molecular weight is 417 g/mol. The number of amides is 1. The maximum absolute atomic E-state index is 11.7. The van der Waals surface area contributed by atoms with Crippen molar-refractivity contribution in [2.75, 3.05) is 24.4 Å². The van der Waals surface area contributed by atoms with E-state index >= 15 is 0 Å². The van der Waals surface area contributed by atoms with Gasteiger partial charge in [-0.25, -0.2) is 9.97 Å². The van der Waals surface area contributed by atoms with Gasteiger partial charge in [0.25, 0.3) is 5.91 Å². The third kappa shape index (κ3) is 4.81. The normalized spacial score (nSPS) is 10.8. The number of carbonyl (C=O) groups is 1. The molecule has 8 nitrogen and oxygen atoms in total. The van der Waals surface area contributed by atoms with Crippen LogP contribution < -0.4 is 15.4 Å². The lowest BCUT2D eigenvalue weighted by atomic mass is 10.2. The van der Waals surface area contributed by atoms with E-state index in [0.29, 0.717) is 17.3 Å². The second-order valence-electron chi connectivity index (χ2n) is 7.10. The van der Waals surface area contributed by atoms with Gasteiger partial charge in [-0.1, -0.05) is 17.7 Å². The van der Waals surface area contributed by atoms with Crippen LogP contribution in [0.15, 0.2) is 60.8 Å². The minimum atomic E-state index is -0.282. The zero-order chi connectivity index (χ0) is 21.8. The van der Waals surface area contributed by atoms with Crippen molar-refractivity contribution in [3.05, 3.63) is 66.4 Å². The molecule has 0 aliphatic heterocycles. The lowest BCUT2D eigenvalue weighted by molar-refractivity contribution is -0.119. The number of carbonyl (C=O) groups excluding carboxylic acids is 1. The molecular formula is C23H23N5O3. The lowest BCUT2D eigenvalue weighted by Gasteiger charge is -2.08. The number of hydrogen-bond donors (Lipinski definition) is 2. The Hall–Kier alpha value is -3.91. The largest absolute Gasteiger partial charge is 0.457 e. The zero-order valence-electron chi connectivity index (χ0n) is 17.5. The van der Waals surface area contributed by atoms with Gasteiger partial charge in [-0.15, -0.1) is 0 Å². The summed E-state index contributed by atoms with van der Waals surface area (Å²) in [5.74, 6) is 2.03. The minimum absolute atomic E-state index is 0.0396. The number of pyridine rings is 1. The second kappa shape index (κ2) is 8.85. The number of rotatable bonds is 7. The first-order chi connectivity index (χ1) is 15.0. The number of nitrogens with one attached hydrogen (secondary N) is 2. The molecule has 8 heteroatoms. The van der Waals surface area contributed by atoms with Gasteiger partial charge in [0.2, 0.25) is 5.95 Å². The molecular weight excluding hydrogens is 394 g/mol. The molecule has 31 heavy (non-hydrogen) atoms. The van der Waals surface area contributed by atoms with Crippen molar-refractivity contribution in [3.63, 3.8) is 0 Å². The van der Waals surface area contributed by atoms with E-state index in [9.17, 15) is 4.79 Å². The number of imidazole rings is 1. The van der Waals surface area contributed by atoms with Gasteiger partial charge in [0.1, 0.15) is 23.9 Å². The Bertz CT molecular complexity index is 1220. The summed E-state index contributed by atoms with van der Waals surface area (Å²) in [6.45, 7) is 2.02. The molecule has 0 saturated heterocycles. The van der Waals surface area contributed by atoms with Crippen LogP contribution in [0.3, 0.4) is 0 Å². The van der Waals surface area contributed by atoms with Crippen LogP contribution in [0.4, 0.5) is 17.5 Å². The van der Waals surface area contributed by atoms with Crippen molar-refractivity contribution in [3.8, 4) is 11.5 Å². The molecule has 1 amide bonds. The van der Waals surface area contributed by atoms with E-state index in [0.717, 1.165) is 22.7 Å². The van der Waals surface area contributed by atoms with Crippen LogP contribution in [0.2, 0.25) is 0 Å². The Morgan fingerprint density at radius 3 is 2.61 bits per heavy atom. The van der Waals surface area contributed by atoms with Crippen molar-refractivity contribution >= 4 is 34.4 Å². The van der Waals surface area contributed by atoms with Gasteiger partial charge >= 0.3 is 0 Å². The summed E-state index contributed by atoms with van der Waals surface area (Å²) in [5, 5.41) is 6.00. The Labute approximate surface area is 179 Å². The maximum atomic E-state index is 11.7. The summed E-state index contributed by atoms with van der Waals surface area (Å²) in [5.41, 5.74) is 3.96. The van der Waals surface area contributed by atoms with Gasteiger partial charge in [-0.2, -0.15) is 0 Å². The summed E-state index contributed by atoms with van der Waals surface area (Å²) in [6.07, 6.45) is 1.57. The van der Waals surface area contributed by atoms with Gasteiger partial charge in [-0.3, -0.25) is 4.79 Å². The van der Waals surface area contributed by atoms with Crippen molar-refractivity contribution in [1.29, 1.82) is 0 Å².